The Morgan fingerprint density at radius 3 is 2.67 bits per heavy atom. The van der Waals surface area contributed by atoms with Gasteiger partial charge in [-0.25, -0.2) is 4.39 Å². The van der Waals surface area contributed by atoms with E-state index in [1.165, 1.54) is 12.3 Å². The number of ether oxygens (including phenoxy) is 1. The molecular formula is C20H16ClFN4O4. The highest BCUT2D eigenvalue weighted by molar-refractivity contribution is 6.30. The van der Waals surface area contributed by atoms with Crippen LogP contribution in [0.15, 0.2) is 53.6 Å². The summed E-state index contributed by atoms with van der Waals surface area (Å²) in [6.07, 6.45) is 1.38. The van der Waals surface area contributed by atoms with Crippen LogP contribution < -0.4 is 10.9 Å². The van der Waals surface area contributed by atoms with Gasteiger partial charge in [0.1, 0.15) is 11.4 Å². The van der Waals surface area contributed by atoms with Crippen LogP contribution in [0.3, 0.4) is 0 Å². The molecule has 1 aliphatic heterocycles. The molecule has 2 aromatic heterocycles. The van der Waals surface area contributed by atoms with Crippen LogP contribution in [0.1, 0.15) is 10.4 Å². The number of aliphatic hydroxyl groups excluding tert-OH is 1. The average Bonchev–Trinajstić information content (AvgIpc) is 3.13. The molecule has 0 radical (unpaired) electrons. The molecule has 8 nitrogen and oxygen atoms in total. The number of halogens is 2. The van der Waals surface area contributed by atoms with Crippen LogP contribution in [0.2, 0.25) is 5.02 Å². The Morgan fingerprint density at radius 2 is 2.00 bits per heavy atom. The summed E-state index contributed by atoms with van der Waals surface area (Å²) >= 11 is 5.93. The molecule has 1 aromatic carbocycles. The number of hydrogen-bond donors (Lipinski definition) is 2. The molecule has 2 atom stereocenters. The summed E-state index contributed by atoms with van der Waals surface area (Å²) in [5.74, 6) is -1.36. The van der Waals surface area contributed by atoms with Crippen LogP contribution in [0.25, 0.3) is 16.9 Å². The van der Waals surface area contributed by atoms with E-state index in [2.05, 4.69) is 15.4 Å². The third kappa shape index (κ3) is 4.09. The molecule has 154 valence electrons. The number of rotatable bonds is 4. The molecule has 0 spiro atoms. The number of nitrogens with one attached hydrogen (secondary N) is 1. The van der Waals surface area contributed by atoms with Gasteiger partial charge < -0.3 is 15.2 Å². The minimum atomic E-state index is -0.874. The molecule has 4 rings (SSSR count). The summed E-state index contributed by atoms with van der Waals surface area (Å²) in [4.78, 5) is 29.6. The van der Waals surface area contributed by atoms with Crippen molar-refractivity contribution in [1.82, 2.24) is 20.1 Å². The summed E-state index contributed by atoms with van der Waals surface area (Å²) < 4.78 is 19.7. The first kappa shape index (κ1) is 20.1. The van der Waals surface area contributed by atoms with Crippen LogP contribution in [-0.2, 0) is 4.74 Å². The van der Waals surface area contributed by atoms with Gasteiger partial charge in [0.15, 0.2) is 0 Å². The number of carbonyl (C=O) groups excluding carboxylic acids is 1. The van der Waals surface area contributed by atoms with Crippen LogP contribution in [0.4, 0.5) is 4.39 Å². The fraction of sp³-hybridized carbons (Fsp3) is 0.200. The predicted octanol–water partition coefficient (Wildman–Crippen LogP) is 1.58. The van der Waals surface area contributed by atoms with Crippen LogP contribution in [0, 0.1) is 5.82 Å². The van der Waals surface area contributed by atoms with E-state index in [-0.39, 0.29) is 24.5 Å². The molecular weight excluding hydrogens is 415 g/mol. The number of carbonyl (C=O) groups is 1. The van der Waals surface area contributed by atoms with Gasteiger partial charge in [-0.2, -0.15) is 9.78 Å². The van der Waals surface area contributed by atoms with Crippen molar-refractivity contribution in [1.29, 1.82) is 0 Å². The monoisotopic (exact) mass is 430 g/mol. The van der Waals surface area contributed by atoms with Gasteiger partial charge in [-0.1, -0.05) is 23.7 Å². The molecule has 0 saturated carbocycles. The molecule has 2 N–H and O–H groups in total. The van der Waals surface area contributed by atoms with E-state index >= 15 is 0 Å². The lowest BCUT2D eigenvalue weighted by molar-refractivity contribution is 0.0884. The number of aliphatic hydroxyl groups is 1. The van der Waals surface area contributed by atoms with Crippen LogP contribution in [0.5, 0.6) is 0 Å². The average molecular weight is 431 g/mol. The highest BCUT2D eigenvalue weighted by Crippen LogP contribution is 2.20. The largest absolute Gasteiger partial charge is 0.388 e. The molecule has 3 heterocycles. The normalized spacial score (nSPS) is 18.4. The number of hydrogen-bond acceptors (Lipinski definition) is 6. The second-order valence-electron chi connectivity index (χ2n) is 6.71. The molecule has 30 heavy (non-hydrogen) atoms. The highest BCUT2D eigenvalue weighted by atomic mass is 35.5. The Morgan fingerprint density at radius 1 is 1.23 bits per heavy atom. The molecule has 3 aromatic rings. The first-order valence-electron chi connectivity index (χ1n) is 9.00. The zero-order valence-electron chi connectivity index (χ0n) is 15.5. The Balaban J connectivity index is 1.82. The second-order valence-corrected chi connectivity index (χ2v) is 7.15. The van der Waals surface area contributed by atoms with E-state index in [9.17, 15) is 19.1 Å². The Kier molecular flexibility index (Phi) is 5.58. The van der Waals surface area contributed by atoms with Gasteiger partial charge in [0.2, 0.25) is 0 Å². The van der Waals surface area contributed by atoms with Crippen molar-refractivity contribution >= 4 is 17.5 Å². The molecule has 1 aliphatic rings. The van der Waals surface area contributed by atoms with Crippen molar-refractivity contribution in [3.8, 4) is 16.9 Å². The van der Waals surface area contributed by atoms with E-state index < -0.39 is 29.4 Å². The van der Waals surface area contributed by atoms with E-state index in [0.29, 0.717) is 16.3 Å². The summed E-state index contributed by atoms with van der Waals surface area (Å²) in [6.45, 7) is 0.223. The number of pyridine rings is 1. The number of benzene rings is 1. The minimum absolute atomic E-state index is 0.0640. The Bertz CT molecular complexity index is 1150. The number of amides is 1. The van der Waals surface area contributed by atoms with Gasteiger partial charge in [0, 0.05) is 16.7 Å². The summed E-state index contributed by atoms with van der Waals surface area (Å²) in [5, 5.41) is 17.3. The van der Waals surface area contributed by atoms with Crippen LogP contribution in [-0.4, -0.2) is 51.1 Å². The first-order chi connectivity index (χ1) is 14.4. The number of aromatic nitrogens is 3. The van der Waals surface area contributed by atoms with Gasteiger partial charge in [-0.3, -0.25) is 14.6 Å². The lowest BCUT2D eigenvalue weighted by Gasteiger charge is -2.15. The maximum atomic E-state index is 13.7. The lowest BCUT2D eigenvalue weighted by atomic mass is 10.1. The predicted molar refractivity (Wildman–Crippen MR) is 106 cm³/mol. The third-order valence-electron chi connectivity index (χ3n) is 4.60. The van der Waals surface area contributed by atoms with E-state index in [0.717, 1.165) is 16.9 Å². The fourth-order valence-corrected chi connectivity index (χ4v) is 3.16. The third-order valence-corrected chi connectivity index (χ3v) is 4.85. The summed E-state index contributed by atoms with van der Waals surface area (Å²) in [5.41, 5.74) is -0.0295. The smallest absolute Gasteiger partial charge is 0.284 e. The van der Waals surface area contributed by atoms with Crippen molar-refractivity contribution in [2.24, 2.45) is 0 Å². The maximum absolute atomic E-state index is 13.7. The molecule has 10 heteroatoms. The van der Waals surface area contributed by atoms with Crippen molar-refractivity contribution < 1.29 is 19.0 Å². The van der Waals surface area contributed by atoms with Gasteiger partial charge >= 0.3 is 0 Å². The fourth-order valence-electron chi connectivity index (χ4n) is 3.04. The summed E-state index contributed by atoms with van der Waals surface area (Å²) in [6, 6.07) is 8.43. The summed E-state index contributed by atoms with van der Waals surface area (Å²) in [7, 11) is 0. The molecule has 1 saturated heterocycles. The van der Waals surface area contributed by atoms with Gasteiger partial charge in [0.25, 0.3) is 11.5 Å². The van der Waals surface area contributed by atoms with E-state index in [1.54, 1.807) is 24.3 Å². The zero-order chi connectivity index (χ0) is 21.3. The van der Waals surface area contributed by atoms with Gasteiger partial charge in [0.05, 0.1) is 49.1 Å². The highest BCUT2D eigenvalue weighted by Gasteiger charge is 2.29. The standard InChI is InChI=1S/C20H16ClFN4O4/c21-12-3-1-11(2-4-12)16-6-15(19(28)24-17-9-30-10-18(17)27)20(29)26(25-16)14-5-13(22)7-23-8-14/h1-8,17-18,27H,9-10H2,(H,24,28)/t17-,18-/m1/s1. The van der Waals surface area contributed by atoms with Crippen molar-refractivity contribution in [3.63, 3.8) is 0 Å². The lowest BCUT2D eigenvalue weighted by Crippen LogP contribution is -2.44. The Labute approximate surface area is 174 Å². The number of nitrogens with zero attached hydrogens (tertiary/aromatic N) is 3. The molecule has 0 unspecified atom stereocenters. The molecule has 0 bridgehead atoms. The van der Waals surface area contributed by atoms with Gasteiger partial charge in [-0.05, 0) is 18.2 Å². The maximum Gasteiger partial charge on any atom is 0.284 e. The van der Waals surface area contributed by atoms with E-state index in [4.69, 9.17) is 16.3 Å². The van der Waals surface area contributed by atoms with Crippen molar-refractivity contribution in [2.45, 2.75) is 12.1 Å². The first-order valence-corrected chi connectivity index (χ1v) is 9.38. The molecule has 0 aliphatic carbocycles. The topological polar surface area (TPSA) is 106 Å². The SMILES string of the molecule is O=C(N[C@@H]1COC[C@H]1O)c1cc(-c2ccc(Cl)cc2)nn(-c2cncc(F)c2)c1=O. The quantitative estimate of drug-likeness (QED) is 0.651. The van der Waals surface area contributed by atoms with Crippen molar-refractivity contribution in [3.05, 3.63) is 75.5 Å². The van der Waals surface area contributed by atoms with Crippen LogP contribution >= 0.6 is 11.6 Å². The van der Waals surface area contributed by atoms with Gasteiger partial charge in [-0.15, -0.1) is 0 Å². The Hall–Kier alpha value is -3.14. The zero-order valence-corrected chi connectivity index (χ0v) is 16.2. The van der Waals surface area contributed by atoms with Crippen molar-refractivity contribution in [2.75, 3.05) is 13.2 Å². The molecule has 1 amide bonds. The van der Waals surface area contributed by atoms with E-state index in [1.807, 2.05) is 0 Å². The minimum Gasteiger partial charge on any atom is -0.388 e. The molecule has 1 fully saturated rings. The second kappa shape index (κ2) is 8.31.